The monoisotopic (exact) mass is 427 g/mol. The van der Waals surface area contributed by atoms with E-state index in [2.05, 4.69) is 5.16 Å². The van der Waals surface area contributed by atoms with Crippen LogP contribution in [0.5, 0.6) is 0 Å². The summed E-state index contributed by atoms with van der Waals surface area (Å²) in [5.41, 5.74) is 1.01. The number of rotatable bonds is 6. The summed E-state index contributed by atoms with van der Waals surface area (Å²) in [7, 11) is -2.42. The molecule has 28 heavy (non-hydrogen) atoms. The number of nitro groups is 1. The maximum Gasteiger partial charge on any atom is 0.275 e. The fourth-order valence-electron chi connectivity index (χ4n) is 3.19. The highest BCUT2D eigenvalue weighted by Crippen LogP contribution is 2.34. The van der Waals surface area contributed by atoms with Crippen molar-refractivity contribution in [2.75, 3.05) is 13.6 Å². The van der Waals surface area contributed by atoms with E-state index in [1.807, 2.05) is 0 Å². The van der Waals surface area contributed by atoms with E-state index in [9.17, 15) is 22.9 Å². The fourth-order valence-corrected chi connectivity index (χ4v) is 6.07. The molecule has 0 amide bonds. The first-order valence-corrected chi connectivity index (χ1v) is 10.8. The zero-order chi connectivity index (χ0) is 20.5. The molecule has 1 aromatic carbocycles. The molecule has 0 bridgehead atoms. The molecule has 0 radical (unpaired) electrons. The molecule has 1 aromatic heterocycles. The van der Waals surface area contributed by atoms with Crippen LogP contribution in [0.2, 0.25) is 0 Å². The Morgan fingerprint density at radius 3 is 2.82 bits per heavy atom. The summed E-state index contributed by atoms with van der Waals surface area (Å²) in [6.07, 6.45) is 1.93. The first kappa shape index (κ1) is 20.4. The van der Waals surface area contributed by atoms with Crippen molar-refractivity contribution in [2.45, 2.75) is 30.6 Å². The minimum atomic E-state index is -3.82. The van der Waals surface area contributed by atoms with E-state index in [1.165, 1.54) is 29.8 Å². The maximum atomic E-state index is 13.3. The fraction of sp³-hybridized carbons (Fsp3) is 0.353. The van der Waals surface area contributed by atoms with Gasteiger partial charge in [-0.05, 0) is 43.4 Å². The smallest absolute Gasteiger partial charge is 0.275 e. The zero-order valence-corrected chi connectivity index (χ0v) is 16.6. The van der Waals surface area contributed by atoms with Gasteiger partial charge in [-0.15, -0.1) is 11.3 Å². The molecule has 1 heterocycles. The van der Waals surface area contributed by atoms with Crippen molar-refractivity contribution in [2.24, 2.45) is 5.16 Å². The molecule has 2 aromatic rings. The average molecular weight is 427 g/mol. The van der Waals surface area contributed by atoms with Crippen molar-refractivity contribution in [3.8, 4) is 0 Å². The van der Waals surface area contributed by atoms with Gasteiger partial charge in [0.15, 0.2) is 0 Å². The molecule has 1 aliphatic carbocycles. The van der Waals surface area contributed by atoms with Crippen LogP contribution < -0.4 is 0 Å². The van der Waals surface area contributed by atoms with Crippen LogP contribution in [0.1, 0.15) is 28.8 Å². The number of fused-ring (bicyclic) bond motifs is 1. The standard InChI is InChI=1S/C17H18FN3O5S2/c1-20(8-7-11-5-6-12(18)9-15(11)21(23)24)28(25,26)16-10-27-17-13(16)3-2-4-14(17)19-22/h5-6,9-10,22H,2-4,7-8H2,1H3/b19-14-. The van der Waals surface area contributed by atoms with Crippen LogP contribution in [-0.4, -0.2) is 42.2 Å². The van der Waals surface area contributed by atoms with Gasteiger partial charge < -0.3 is 5.21 Å². The van der Waals surface area contributed by atoms with Crippen molar-refractivity contribution < 1.29 is 22.9 Å². The van der Waals surface area contributed by atoms with Crippen molar-refractivity contribution >= 4 is 32.8 Å². The summed E-state index contributed by atoms with van der Waals surface area (Å²) < 4.78 is 40.4. The topological polar surface area (TPSA) is 113 Å². The number of nitrogens with zero attached hydrogens (tertiary/aromatic N) is 3. The highest BCUT2D eigenvalue weighted by molar-refractivity contribution is 7.89. The van der Waals surface area contributed by atoms with E-state index < -0.39 is 20.8 Å². The number of oxime groups is 1. The van der Waals surface area contributed by atoms with Crippen LogP contribution in [0.4, 0.5) is 10.1 Å². The van der Waals surface area contributed by atoms with Gasteiger partial charge in [-0.2, -0.15) is 0 Å². The van der Waals surface area contributed by atoms with Gasteiger partial charge in [0.2, 0.25) is 10.0 Å². The van der Waals surface area contributed by atoms with Gasteiger partial charge in [0.25, 0.3) is 5.69 Å². The number of benzene rings is 1. The second kappa shape index (κ2) is 7.94. The molecule has 0 saturated heterocycles. The number of hydrogen-bond donors (Lipinski definition) is 1. The molecule has 11 heteroatoms. The summed E-state index contributed by atoms with van der Waals surface area (Å²) in [6, 6.07) is 3.24. The van der Waals surface area contributed by atoms with Crippen LogP contribution in [0.3, 0.4) is 0 Å². The number of halogens is 1. The van der Waals surface area contributed by atoms with E-state index >= 15 is 0 Å². The molecule has 0 saturated carbocycles. The summed E-state index contributed by atoms with van der Waals surface area (Å²) in [5, 5.41) is 25.0. The minimum absolute atomic E-state index is 0.000369. The Morgan fingerprint density at radius 2 is 2.14 bits per heavy atom. The largest absolute Gasteiger partial charge is 0.411 e. The highest BCUT2D eigenvalue weighted by Gasteiger charge is 2.30. The predicted octanol–water partition coefficient (Wildman–Crippen LogP) is 3.17. The van der Waals surface area contributed by atoms with Gasteiger partial charge in [0.05, 0.1) is 26.5 Å². The van der Waals surface area contributed by atoms with Gasteiger partial charge in [0, 0.05) is 24.5 Å². The summed E-state index contributed by atoms with van der Waals surface area (Å²) >= 11 is 1.22. The molecular formula is C17H18FN3O5S2. The van der Waals surface area contributed by atoms with E-state index in [-0.39, 0.29) is 29.1 Å². The third-order valence-corrected chi connectivity index (χ3v) is 7.85. The summed E-state index contributed by atoms with van der Waals surface area (Å²) in [6.45, 7) is 0.000369. The van der Waals surface area contributed by atoms with E-state index in [1.54, 1.807) is 0 Å². The lowest BCUT2D eigenvalue weighted by atomic mass is 9.98. The van der Waals surface area contributed by atoms with Gasteiger partial charge >= 0.3 is 0 Å². The number of nitro benzene ring substituents is 1. The van der Waals surface area contributed by atoms with Gasteiger partial charge in [-0.25, -0.2) is 17.1 Å². The number of hydrogen-bond acceptors (Lipinski definition) is 7. The van der Waals surface area contributed by atoms with E-state index in [0.29, 0.717) is 35.4 Å². The molecule has 0 fully saturated rings. The summed E-state index contributed by atoms with van der Waals surface area (Å²) in [5.74, 6) is -0.720. The molecule has 3 rings (SSSR count). The van der Waals surface area contributed by atoms with Crippen molar-refractivity contribution in [1.82, 2.24) is 4.31 Å². The van der Waals surface area contributed by atoms with Crippen LogP contribution in [-0.2, 0) is 22.9 Å². The molecule has 1 N–H and O–H groups in total. The Bertz CT molecular complexity index is 1050. The second-order valence-corrected chi connectivity index (χ2v) is 9.31. The summed E-state index contributed by atoms with van der Waals surface area (Å²) in [4.78, 5) is 11.3. The van der Waals surface area contributed by atoms with E-state index in [0.717, 1.165) is 16.4 Å². The van der Waals surface area contributed by atoms with Gasteiger partial charge in [-0.3, -0.25) is 10.1 Å². The Morgan fingerprint density at radius 1 is 1.39 bits per heavy atom. The van der Waals surface area contributed by atoms with Gasteiger partial charge in [0.1, 0.15) is 5.82 Å². The predicted molar refractivity (Wildman–Crippen MR) is 102 cm³/mol. The zero-order valence-electron chi connectivity index (χ0n) is 15.0. The molecular weight excluding hydrogens is 409 g/mol. The number of likely N-dealkylation sites (N-methyl/N-ethyl adjacent to an activating group) is 1. The Kier molecular flexibility index (Phi) is 5.77. The molecule has 0 spiro atoms. The quantitative estimate of drug-likeness (QED) is 0.432. The lowest BCUT2D eigenvalue weighted by Gasteiger charge is -2.19. The van der Waals surface area contributed by atoms with E-state index in [4.69, 9.17) is 5.21 Å². The van der Waals surface area contributed by atoms with Crippen molar-refractivity contribution in [3.63, 3.8) is 0 Å². The first-order chi connectivity index (χ1) is 13.3. The Labute approximate surface area is 165 Å². The molecule has 150 valence electrons. The number of sulfonamides is 1. The minimum Gasteiger partial charge on any atom is -0.411 e. The second-order valence-electron chi connectivity index (χ2n) is 6.41. The first-order valence-electron chi connectivity index (χ1n) is 8.46. The Balaban J connectivity index is 1.83. The van der Waals surface area contributed by atoms with Crippen LogP contribution >= 0.6 is 11.3 Å². The molecule has 0 atom stereocenters. The third-order valence-electron chi connectivity index (χ3n) is 4.71. The van der Waals surface area contributed by atoms with Gasteiger partial charge in [-0.1, -0.05) is 5.16 Å². The van der Waals surface area contributed by atoms with Crippen molar-refractivity contribution in [1.29, 1.82) is 0 Å². The molecule has 0 aliphatic heterocycles. The highest BCUT2D eigenvalue weighted by atomic mass is 32.2. The lowest BCUT2D eigenvalue weighted by molar-refractivity contribution is -0.385. The van der Waals surface area contributed by atoms with Crippen LogP contribution in [0.15, 0.2) is 33.6 Å². The Hall–Kier alpha value is -2.37. The lowest BCUT2D eigenvalue weighted by Crippen LogP contribution is -2.30. The maximum absolute atomic E-state index is 13.3. The SMILES string of the molecule is CN(CCc1ccc(F)cc1[N+](=O)[O-])S(=O)(=O)c1csc2c1CCC/C2=N/O. The van der Waals surface area contributed by atoms with Crippen LogP contribution in [0, 0.1) is 15.9 Å². The van der Waals surface area contributed by atoms with Crippen LogP contribution in [0.25, 0.3) is 0 Å². The van der Waals surface area contributed by atoms with Crippen molar-refractivity contribution in [3.05, 3.63) is 55.5 Å². The average Bonchev–Trinajstić information content (AvgIpc) is 3.11. The normalized spacial score (nSPS) is 15.8. The third kappa shape index (κ3) is 3.77. The number of thiophene rings is 1. The molecule has 1 aliphatic rings. The molecule has 8 nitrogen and oxygen atoms in total. The molecule has 0 unspecified atom stereocenters.